The van der Waals surface area contributed by atoms with Gasteiger partial charge in [-0.05, 0) is 68.2 Å². The molecule has 5 heterocycles. The molecule has 0 radical (unpaired) electrons. The van der Waals surface area contributed by atoms with Crippen LogP contribution >= 0.6 is 11.6 Å². The second-order valence-electron chi connectivity index (χ2n) is 12.0. The number of alkyl halides is 1. The predicted octanol–water partition coefficient (Wildman–Crippen LogP) is 5.24. The molecule has 6 nitrogen and oxygen atoms in total. The highest BCUT2D eigenvalue weighted by atomic mass is 35.5. The van der Waals surface area contributed by atoms with Crippen molar-refractivity contribution in [3.8, 4) is 6.01 Å². The lowest BCUT2D eigenvalue weighted by Crippen LogP contribution is -2.44. The quantitative estimate of drug-likeness (QED) is 0.543. The predicted molar refractivity (Wildman–Crippen MR) is 141 cm³/mol. The zero-order valence-electron chi connectivity index (χ0n) is 21.6. The van der Waals surface area contributed by atoms with E-state index in [0.717, 1.165) is 73.8 Å². The summed E-state index contributed by atoms with van der Waals surface area (Å²) in [5.41, 5.74) is 3.88. The van der Waals surface area contributed by atoms with E-state index in [1.807, 2.05) is 12.1 Å². The van der Waals surface area contributed by atoms with Gasteiger partial charge in [0.15, 0.2) is 0 Å². The van der Waals surface area contributed by atoms with Crippen LogP contribution in [0.25, 0.3) is 0 Å². The number of hydrogen-bond acceptors (Lipinski definition) is 6. The van der Waals surface area contributed by atoms with Gasteiger partial charge >= 0.3 is 6.01 Å². The second kappa shape index (κ2) is 9.06. The maximum Gasteiger partial charge on any atom is 0.318 e. The van der Waals surface area contributed by atoms with E-state index < -0.39 is 11.8 Å². The third-order valence-electron chi connectivity index (χ3n) is 9.57. The van der Waals surface area contributed by atoms with Crippen LogP contribution in [0.3, 0.4) is 0 Å². The minimum atomic E-state index is -0.773. The van der Waals surface area contributed by atoms with E-state index in [9.17, 15) is 4.39 Å². The van der Waals surface area contributed by atoms with Gasteiger partial charge in [-0.15, -0.1) is 0 Å². The molecule has 0 amide bonds. The van der Waals surface area contributed by atoms with Crippen molar-refractivity contribution in [2.24, 2.45) is 5.92 Å². The summed E-state index contributed by atoms with van der Waals surface area (Å²) in [7, 11) is 0. The molecule has 3 unspecified atom stereocenters. The zero-order valence-corrected chi connectivity index (χ0v) is 22.4. The van der Waals surface area contributed by atoms with Gasteiger partial charge in [-0.25, -0.2) is 4.39 Å². The van der Waals surface area contributed by atoms with E-state index >= 15 is 0 Å². The summed E-state index contributed by atoms with van der Waals surface area (Å²) in [6.07, 6.45) is 6.75. The highest BCUT2D eigenvalue weighted by Gasteiger charge is 2.50. The summed E-state index contributed by atoms with van der Waals surface area (Å²) in [4.78, 5) is 14.7. The molecule has 8 heteroatoms. The highest BCUT2D eigenvalue weighted by Crippen LogP contribution is 2.49. The molecule has 7 rings (SSSR count). The summed E-state index contributed by atoms with van der Waals surface area (Å²) in [6.45, 7) is 6.68. The van der Waals surface area contributed by atoms with Crippen molar-refractivity contribution in [2.45, 2.75) is 82.2 Å². The maximum atomic E-state index is 14.3. The second-order valence-corrected chi connectivity index (χ2v) is 12.4. The van der Waals surface area contributed by atoms with E-state index in [4.69, 9.17) is 31.0 Å². The summed E-state index contributed by atoms with van der Waals surface area (Å²) < 4.78 is 27.4. The number of ether oxygens (including phenoxy) is 2. The van der Waals surface area contributed by atoms with Crippen LogP contribution in [0.5, 0.6) is 6.01 Å². The fraction of sp³-hybridized carbons (Fsp3) is 0.655. The molecule has 1 aliphatic carbocycles. The Kier molecular flexibility index (Phi) is 5.90. The van der Waals surface area contributed by atoms with E-state index in [0.29, 0.717) is 44.5 Å². The smallest absolute Gasteiger partial charge is 0.318 e. The minimum Gasteiger partial charge on any atom is -0.461 e. The SMILES string of the molecule is CC1CCCN(c2nc(OC[C@@]34CCCN3CC(F)C4)nc3c2COC2(CCc4c(Cl)cccc42)C3)C1. The molecule has 1 aromatic heterocycles. The average Bonchev–Trinajstić information content (AvgIpc) is 3.53. The van der Waals surface area contributed by atoms with Crippen molar-refractivity contribution in [2.75, 3.05) is 37.7 Å². The van der Waals surface area contributed by atoms with Gasteiger partial charge in [-0.1, -0.05) is 30.7 Å². The Balaban J connectivity index is 1.23. The Morgan fingerprint density at radius 1 is 1.16 bits per heavy atom. The maximum absolute atomic E-state index is 14.3. The van der Waals surface area contributed by atoms with Crippen molar-refractivity contribution in [3.05, 3.63) is 45.6 Å². The summed E-state index contributed by atoms with van der Waals surface area (Å²) >= 11 is 6.56. The molecule has 3 saturated heterocycles. The van der Waals surface area contributed by atoms with Gasteiger partial charge < -0.3 is 14.4 Å². The standard InChI is InChI=1S/C29H36ClFN4O2/c1-19-5-3-11-34(15-19)26-22-17-37-29(10-8-21-23(29)6-2-7-24(21)30)14-25(22)32-27(33-26)36-18-28-9-4-12-35(28)16-20(31)13-28/h2,6-7,19-20H,3-5,8-18H2,1H3/t19?,20?,28-,29?/m0/s1. The molecule has 3 fully saturated rings. The lowest BCUT2D eigenvalue weighted by atomic mass is 9.86. The van der Waals surface area contributed by atoms with Gasteiger partial charge in [-0.2, -0.15) is 9.97 Å². The molecule has 4 aliphatic heterocycles. The number of benzene rings is 1. The molecular weight excluding hydrogens is 491 g/mol. The first kappa shape index (κ1) is 24.1. The van der Waals surface area contributed by atoms with E-state index in [1.165, 1.54) is 17.5 Å². The van der Waals surface area contributed by atoms with Crippen LogP contribution in [0.2, 0.25) is 5.02 Å². The van der Waals surface area contributed by atoms with E-state index in [1.54, 1.807) is 0 Å². The molecule has 0 saturated carbocycles. The van der Waals surface area contributed by atoms with Crippen LogP contribution in [-0.2, 0) is 29.8 Å². The first-order valence-corrected chi connectivity index (χ1v) is 14.4. The van der Waals surface area contributed by atoms with Gasteiger partial charge in [0.2, 0.25) is 0 Å². The molecule has 1 aromatic carbocycles. The van der Waals surface area contributed by atoms with Crippen LogP contribution in [-0.4, -0.2) is 59.4 Å². The topological polar surface area (TPSA) is 50.7 Å². The lowest BCUT2D eigenvalue weighted by Gasteiger charge is -2.39. The normalized spacial score (nSPS) is 33.0. The summed E-state index contributed by atoms with van der Waals surface area (Å²) in [6, 6.07) is 6.58. The van der Waals surface area contributed by atoms with Crippen molar-refractivity contribution in [3.63, 3.8) is 0 Å². The van der Waals surface area contributed by atoms with Crippen LogP contribution in [0, 0.1) is 5.92 Å². The lowest BCUT2D eigenvalue weighted by molar-refractivity contribution is -0.0730. The van der Waals surface area contributed by atoms with Crippen molar-refractivity contribution in [1.82, 2.24) is 14.9 Å². The number of halogens is 2. The molecule has 0 bridgehead atoms. The Morgan fingerprint density at radius 3 is 2.97 bits per heavy atom. The third kappa shape index (κ3) is 4.04. The first-order valence-electron chi connectivity index (χ1n) is 14.0. The Labute approximate surface area is 223 Å². The summed E-state index contributed by atoms with van der Waals surface area (Å²) in [5.74, 6) is 1.58. The number of fused-ring (bicyclic) bond motifs is 4. The fourth-order valence-electron chi connectivity index (χ4n) is 7.71. The molecule has 0 N–H and O–H groups in total. The Hall–Kier alpha value is -1.96. The molecule has 4 atom stereocenters. The average molecular weight is 527 g/mol. The third-order valence-corrected chi connectivity index (χ3v) is 9.93. The monoisotopic (exact) mass is 526 g/mol. The van der Waals surface area contributed by atoms with Gasteiger partial charge in [0.25, 0.3) is 0 Å². The van der Waals surface area contributed by atoms with E-state index in [-0.39, 0.29) is 5.54 Å². The molecule has 198 valence electrons. The fourth-order valence-corrected chi connectivity index (χ4v) is 7.98. The Morgan fingerprint density at radius 2 is 2.08 bits per heavy atom. The van der Waals surface area contributed by atoms with Gasteiger partial charge in [-0.3, -0.25) is 4.90 Å². The number of rotatable bonds is 4. The summed E-state index contributed by atoms with van der Waals surface area (Å²) in [5, 5.41) is 0.821. The molecule has 5 aliphatic rings. The molecule has 1 spiro atoms. The largest absolute Gasteiger partial charge is 0.461 e. The van der Waals surface area contributed by atoms with Crippen molar-refractivity contribution in [1.29, 1.82) is 0 Å². The van der Waals surface area contributed by atoms with Crippen LogP contribution in [0.15, 0.2) is 18.2 Å². The van der Waals surface area contributed by atoms with Crippen LogP contribution in [0.1, 0.15) is 67.8 Å². The zero-order chi connectivity index (χ0) is 25.2. The van der Waals surface area contributed by atoms with Crippen molar-refractivity contribution < 1.29 is 13.9 Å². The van der Waals surface area contributed by atoms with Crippen LogP contribution in [0.4, 0.5) is 10.2 Å². The number of nitrogens with zero attached hydrogens (tertiary/aromatic N) is 4. The van der Waals surface area contributed by atoms with Crippen LogP contribution < -0.4 is 9.64 Å². The highest BCUT2D eigenvalue weighted by molar-refractivity contribution is 6.31. The van der Waals surface area contributed by atoms with Gasteiger partial charge in [0, 0.05) is 43.1 Å². The Bertz CT molecular complexity index is 1210. The number of aromatic nitrogens is 2. The van der Waals surface area contributed by atoms with E-state index in [2.05, 4.69) is 22.8 Å². The number of anilines is 1. The number of hydrogen-bond donors (Lipinski definition) is 0. The molecular formula is C29H36ClFN4O2. The first-order chi connectivity index (χ1) is 17.9. The van der Waals surface area contributed by atoms with Gasteiger partial charge in [0.1, 0.15) is 18.6 Å². The van der Waals surface area contributed by atoms with Gasteiger partial charge in [0.05, 0.1) is 23.4 Å². The molecule has 2 aromatic rings. The minimum absolute atomic E-state index is 0.218. The number of piperidine rings is 1. The molecule has 37 heavy (non-hydrogen) atoms. The van der Waals surface area contributed by atoms with Crippen molar-refractivity contribution >= 4 is 17.4 Å².